The Kier molecular flexibility index (Phi) is 5.86. The fourth-order valence-electron chi connectivity index (χ4n) is 3.50. The van der Waals surface area contributed by atoms with E-state index >= 15 is 0 Å². The number of ether oxygens (including phenoxy) is 1. The number of anilines is 2. The minimum Gasteiger partial charge on any atom is -0.378 e. The summed E-state index contributed by atoms with van der Waals surface area (Å²) in [5.41, 5.74) is 3.34. The van der Waals surface area contributed by atoms with Crippen molar-refractivity contribution in [1.29, 1.82) is 0 Å². The lowest BCUT2D eigenvalue weighted by Gasteiger charge is -2.27. The average Bonchev–Trinajstić information content (AvgIpc) is 3.18. The highest BCUT2D eigenvalue weighted by atomic mass is 16.5. The minimum absolute atomic E-state index is 0.165. The number of hydrogen-bond acceptors (Lipinski definition) is 5. The van der Waals surface area contributed by atoms with Crippen molar-refractivity contribution in [2.24, 2.45) is 0 Å². The quantitative estimate of drug-likeness (QED) is 0.699. The van der Waals surface area contributed by atoms with Crippen LogP contribution in [0.15, 0.2) is 54.9 Å². The molecule has 0 bridgehead atoms. The van der Waals surface area contributed by atoms with Crippen LogP contribution in [-0.2, 0) is 17.7 Å². The van der Waals surface area contributed by atoms with E-state index in [0.29, 0.717) is 31.0 Å². The number of carbonyl (C=O) groups excluding carboxylic acids is 1. The second-order valence-corrected chi connectivity index (χ2v) is 6.96. The Hall–Kier alpha value is -3.19. The van der Waals surface area contributed by atoms with Gasteiger partial charge in [0.05, 0.1) is 49.1 Å². The fourth-order valence-corrected chi connectivity index (χ4v) is 3.50. The van der Waals surface area contributed by atoms with E-state index in [1.807, 2.05) is 41.9 Å². The topological polar surface area (TPSA) is 72.3 Å². The second kappa shape index (κ2) is 8.87. The average molecular weight is 391 g/mol. The lowest BCUT2D eigenvalue weighted by atomic mass is 10.1. The number of amides is 1. The number of morpholine rings is 1. The van der Waals surface area contributed by atoms with Crippen molar-refractivity contribution in [1.82, 2.24) is 14.8 Å². The van der Waals surface area contributed by atoms with Crippen LogP contribution in [0.5, 0.6) is 0 Å². The predicted molar refractivity (Wildman–Crippen MR) is 112 cm³/mol. The van der Waals surface area contributed by atoms with E-state index in [1.165, 1.54) is 0 Å². The molecule has 0 saturated carbocycles. The maximum Gasteiger partial charge on any atom is 0.259 e. The van der Waals surface area contributed by atoms with Gasteiger partial charge in [0.25, 0.3) is 5.91 Å². The van der Waals surface area contributed by atoms with Gasteiger partial charge in [-0.15, -0.1) is 0 Å². The van der Waals surface area contributed by atoms with Crippen molar-refractivity contribution < 1.29 is 9.53 Å². The van der Waals surface area contributed by atoms with Crippen LogP contribution in [0.25, 0.3) is 0 Å². The molecule has 1 saturated heterocycles. The Bertz CT molecular complexity index is 947. The largest absolute Gasteiger partial charge is 0.378 e. The van der Waals surface area contributed by atoms with Crippen molar-refractivity contribution in [3.63, 3.8) is 0 Å². The third-order valence-corrected chi connectivity index (χ3v) is 5.04. The van der Waals surface area contributed by atoms with Gasteiger partial charge in [-0.05, 0) is 24.1 Å². The molecule has 0 unspecified atom stereocenters. The van der Waals surface area contributed by atoms with Gasteiger partial charge in [-0.2, -0.15) is 5.10 Å². The molecular weight excluding hydrogens is 366 g/mol. The first-order valence-electron chi connectivity index (χ1n) is 9.93. The Morgan fingerprint density at radius 1 is 1.10 bits per heavy atom. The molecular formula is C22H25N5O2. The van der Waals surface area contributed by atoms with Gasteiger partial charge in [-0.25, -0.2) is 4.98 Å². The summed E-state index contributed by atoms with van der Waals surface area (Å²) in [6, 6.07) is 13.9. The molecule has 4 rings (SSSR count). The van der Waals surface area contributed by atoms with Crippen LogP contribution in [0, 0.1) is 0 Å². The number of nitrogens with zero attached hydrogens (tertiary/aromatic N) is 4. The maximum absolute atomic E-state index is 12.8. The molecule has 1 aliphatic rings. The highest BCUT2D eigenvalue weighted by Gasteiger charge is 2.17. The molecule has 0 radical (unpaired) electrons. The van der Waals surface area contributed by atoms with Crippen LogP contribution < -0.4 is 10.2 Å². The smallest absolute Gasteiger partial charge is 0.259 e. The van der Waals surface area contributed by atoms with E-state index in [0.717, 1.165) is 36.6 Å². The summed E-state index contributed by atoms with van der Waals surface area (Å²) in [6.07, 6.45) is 4.07. The number of pyridine rings is 1. The lowest BCUT2D eigenvalue weighted by molar-refractivity contribution is 0.102. The second-order valence-electron chi connectivity index (χ2n) is 6.96. The number of rotatable bonds is 6. The van der Waals surface area contributed by atoms with E-state index in [1.54, 1.807) is 12.4 Å². The molecule has 1 aromatic carbocycles. The molecule has 1 fully saturated rings. The van der Waals surface area contributed by atoms with Crippen molar-refractivity contribution in [3.8, 4) is 0 Å². The number of hydrogen-bond donors (Lipinski definition) is 1. The standard InChI is InChI=1S/C22H25N5O2/c1-2-20-19(15-24-27(20)16-17-6-4-3-5-7-17)22(28)25-18-8-9-21(23-14-18)26-10-12-29-13-11-26/h3-9,14-15H,2,10-13,16H2,1H3,(H,25,28). The van der Waals surface area contributed by atoms with Crippen LogP contribution in [-0.4, -0.2) is 47.0 Å². The van der Waals surface area contributed by atoms with E-state index < -0.39 is 0 Å². The third-order valence-electron chi connectivity index (χ3n) is 5.04. The van der Waals surface area contributed by atoms with Crippen LogP contribution in [0.2, 0.25) is 0 Å². The molecule has 1 amide bonds. The van der Waals surface area contributed by atoms with Gasteiger partial charge in [0.2, 0.25) is 0 Å². The number of nitrogens with one attached hydrogen (secondary N) is 1. The lowest BCUT2D eigenvalue weighted by Crippen LogP contribution is -2.36. The number of carbonyl (C=O) groups is 1. The maximum atomic E-state index is 12.8. The van der Waals surface area contributed by atoms with Crippen LogP contribution in [0.4, 0.5) is 11.5 Å². The van der Waals surface area contributed by atoms with Crippen LogP contribution in [0.3, 0.4) is 0 Å². The minimum atomic E-state index is -0.165. The zero-order chi connectivity index (χ0) is 20.1. The molecule has 3 heterocycles. The Labute approximate surface area is 170 Å². The Morgan fingerprint density at radius 3 is 2.59 bits per heavy atom. The first-order valence-corrected chi connectivity index (χ1v) is 9.93. The van der Waals surface area contributed by atoms with Crippen LogP contribution >= 0.6 is 0 Å². The van der Waals surface area contributed by atoms with Gasteiger partial charge >= 0.3 is 0 Å². The summed E-state index contributed by atoms with van der Waals surface area (Å²) in [4.78, 5) is 19.5. The molecule has 0 spiro atoms. The molecule has 0 aliphatic carbocycles. The van der Waals surface area contributed by atoms with Gasteiger partial charge in [0.15, 0.2) is 0 Å². The summed E-state index contributed by atoms with van der Waals surface area (Å²) >= 11 is 0. The van der Waals surface area contributed by atoms with E-state index in [-0.39, 0.29) is 5.91 Å². The van der Waals surface area contributed by atoms with Gasteiger partial charge in [-0.3, -0.25) is 9.48 Å². The van der Waals surface area contributed by atoms with Crippen molar-refractivity contribution >= 4 is 17.4 Å². The van der Waals surface area contributed by atoms with Gasteiger partial charge in [0.1, 0.15) is 5.82 Å². The summed E-state index contributed by atoms with van der Waals surface area (Å²) in [5.74, 6) is 0.735. The zero-order valence-corrected chi connectivity index (χ0v) is 16.5. The molecule has 2 aromatic heterocycles. The Morgan fingerprint density at radius 2 is 1.90 bits per heavy atom. The first-order chi connectivity index (χ1) is 14.2. The van der Waals surface area contributed by atoms with E-state index in [2.05, 4.69) is 32.4 Å². The van der Waals surface area contributed by atoms with Crippen molar-refractivity contribution in [2.75, 3.05) is 36.5 Å². The predicted octanol–water partition coefficient (Wildman–Crippen LogP) is 2.98. The molecule has 29 heavy (non-hydrogen) atoms. The zero-order valence-electron chi connectivity index (χ0n) is 16.5. The van der Waals surface area contributed by atoms with Crippen molar-refractivity contribution in [3.05, 3.63) is 71.7 Å². The third kappa shape index (κ3) is 4.46. The summed E-state index contributed by atoms with van der Waals surface area (Å²) in [6.45, 7) is 5.78. The van der Waals surface area contributed by atoms with Crippen LogP contribution in [0.1, 0.15) is 28.5 Å². The highest BCUT2D eigenvalue weighted by molar-refractivity contribution is 6.04. The molecule has 3 aromatic rings. The first kappa shape index (κ1) is 19.1. The Balaban J connectivity index is 1.45. The van der Waals surface area contributed by atoms with E-state index in [9.17, 15) is 4.79 Å². The molecule has 150 valence electrons. The van der Waals surface area contributed by atoms with Crippen molar-refractivity contribution in [2.45, 2.75) is 19.9 Å². The summed E-state index contributed by atoms with van der Waals surface area (Å²) in [5, 5.41) is 7.38. The van der Waals surface area contributed by atoms with Gasteiger partial charge in [-0.1, -0.05) is 37.3 Å². The molecule has 7 heteroatoms. The highest BCUT2D eigenvalue weighted by Crippen LogP contribution is 2.18. The number of aromatic nitrogens is 3. The van der Waals surface area contributed by atoms with E-state index in [4.69, 9.17) is 4.74 Å². The summed E-state index contributed by atoms with van der Waals surface area (Å²) < 4.78 is 7.27. The molecule has 1 N–H and O–H groups in total. The molecule has 7 nitrogen and oxygen atoms in total. The SMILES string of the molecule is CCc1c(C(=O)Nc2ccc(N3CCOCC3)nc2)cnn1Cc1ccccc1. The normalized spacial score (nSPS) is 14.0. The monoisotopic (exact) mass is 391 g/mol. The van der Waals surface area contributed by atoms with Gasteiger partial charge < -0.3 is 15.0 Å². The molecule has 1 aliphatic heterocycles. The van der Waals surface area contributed by atoms with Gasteiger partial charge in [0, 0.05) is 13.1 Å². The summed E-state index contributed by atoms with van der Waals surface area (Å²) in [7, 11) is 0. The molecule has 0 atom stereocenters. The number of benzene rings is 1. The fraction of sp³-hybridized carbons (Fsp3) is 0.318.